The largest absolute Gasteiger partial charge is 0.493 e. The molecule has 1 saturated heterocycles. The van der Waals surface area contributed by atoms with Crippen molar-refractivity contribution in [3.8, 4) is 11.5 Å². The van der Waals surface area contributed by atoms with Gasteiger partial charge < -0.3 is 24.2 Å². The van der Waals surface area contributed by atoms with E-state index in [1.165, 1.54) is 25.8 Å². The van der Waals surface area contributed by atoms with Gasteiger partial charge in [-0.05, 0) is 77.7 Å². The average Bonchev–Trinajstić information content (AvgIpc) is 3.10. The molecule has 0 bridgehead atoms. The lowest BCUT2D eigenvalue weighted by molar-refractivity contribution is 0.0951. The van der Waals surface area contributed by atoms with Crippen molar-refractivity contribution in [2.24, 2.45) is 0 Å². The Morgan fingerprint density at radius 2 is 2.10 bits per heavy atom. The first kappa shape index (κ1) is 23.1. The van der Waals surface area contributed by atoms with Crippen LogP contribution in [0, 0.1) is 13.8 Å². The van der Waals surface area contributed by atoms with E-state index in [1.54, 1.807) is 25.3 Å². The zero-order chi connectivity index (χ0) is 22.2. The van der Waals surface area contributed by atoms with Gasteiger partial charge in [-0.3, -0.25) is 4.79 Å². The molecule has 7 heteroatoms. The average molecular weight is 430 g/mol. The van der Waals surface area contributed by atoms with Crippen molar-refractivity contribution in [1.29, 1.82) is 0 Å². The van der Waals surface area contributed by atoms with Crippen LogP contribution in [0.15, 0.2) is 22.7 Å². The third-order valence-corrected chi connectivity index (χ3v) is 6.08. The highest BCUT2D eigenvalue weighted by Crippen LogP contribution is 2.29. The quantitative estimate of drug-likeness (QED) is 0.569. The molecular weight excluding hydrogens is 394 g/mol. The minimum absolute atomic E-state index is 0.0954. The molecule has 1 atom stereocenters. The molecule has 7 nitrogen and oxygen atoms in total. The number of amides is 1. The number of rotatable bonds is 10. The number of unbranched alkanes of at least 4 members (excludes halogenated alkanes) is 1. The summed E-state index contributed by atoms with van der Waals surface area (Å²) in [5, 5.41) is 6.95. The van der Waals surface area contributed by atoms with Crippen molar-refractivity contribution in [3.63, 3.8) is 0 Å². The summed E-state index contributed by atoms with van der Waals surface area (Å²) in [6.07, 6.45) is 6.03. The Kier molecular flexibility index (Phi) is 8.35. The number of hydrogen-bond donors (Lipinski definition) is 1. The van der Waals surface area contributed by atoms with Crippen LogP contribution in [0.5, 0.6) is 11.5 Å². The van der Waals surface area contributed by atoms with Crippen LogP contribution in [0.4, 0.5) is 0 Å². The predicted molar refractivity (Wildman–Crippen MR) is 120 cm³/mol. The second-order valence-electron chi connectivity index (χ2n) is 8.30. The van der Waals surface area contributed by atoms with E-state index in [0.717, 1.165) is 36.4 Å². The predicted octanol–water partition coefficient (Wildman–Crippen LogP) is 4.26. The Balaban J connectivity index is 1.46. The molecule has 0 saturated carbocycles. The van der Waals surface area contributed by atoms with Crippen LogP contribution in [0.3, 0.4) is 0 Å². The Bertz CT molecular complexity index is 845. The van der Waals surface area contributed by atoms with Gasteiger partial charge in [-0.1, -0.05) is 11.6 Å². The molecule has 1 unspecified atom stereocenters. The highest BCUT2D eigenvalue weighted by Gasteiger charge is 2.17. The van der Waals surface area contributed by atoms with Gasteiger partial charge in [0, 0.05) is 18.2 Å². The maximum Gasteiger partial charge on any atom is 0.251 e. The lowest BCUT2D eigenvalue weighted by atomic mass is 10.0. The zero-order valence-electron chi connectivity index (χ0n) is 19.2. The highest BCUT2D eigenvalue weighted by atomic mass is 16.5. The summed E-state index contributed by atoms with van der Waals surface area (Å²) in [7, 11) is 1.57. The summed E-state index contributed by atoms with van der Waals surface area (Å²) in [6.45, 7) is 9.38. The van der Waals surface area contributed by atoms with E-state index in [1.807, 2.05) is 13.8 Å². The molecule has 0 radical (unpaired) electrons. The van der Waals surface area contributed by atoms with E-state index in [-0.39, 0.29) is 5.91 Å². The van der Waals surface area contributed by atoms with E-state index < -0.39 is 0 Å². The molecule has 3 rings (SSSR count). The molecule has 1 aromatic carbocycles. The van der Waals surface area contributed by atoms with Crippen LogP contribution < -0.4 is 14.8 Å². The van der Waals surface area contributed by atoms with Crippen molar-refractivity contribution in [3.05, 3.63) is 40.8 Å². The number of carbonyl (C=O) groups excluding carboxylic acids is 1. The second kappa shape index (κ2) is 11.2. The van der Waals surface area contributed by atoms with Crippen molar-refractivity contribution in [2.45, 2.75) is 65.5 Å². The van der Waals surface area contributed by atoms with Gasteiger partial charge in [0.1, 0.15) is 12.4 Å². The molecule has 1 aliphatic rings. The topological polar surface area (TPSA) is 76.8 Å². The molecule has 170 valence electrons. The fourth-order valence-corrected chi connectivity index (χ4v) is 4.02. The molecule has 1 fully saturated rings. The number of hydrogen-bond acceptors (Lipinski definition) is 6. The number of carbonyl (C=O) groups is 1. The fourth-order valence-electron chi connectivity index (χ4n) is 4.02. The lowest BCUT2D eigenvalue weighted by Crippen LogP contribution is -2.38. The Morgan fingerprint density at radius 3 is 2.81 bits per heavy atom. The molecular formula is C24H35N3O4. The van der Waals surface area contributed by atoms with E-state index in [4.69, 9.17) is 14.0 Å². The maximum absolute atomic E-state index is 12.5. The maximum atomic E-state index is 12.5. The third kappa shape index (κ3) is 6.23. The number of nitrogens with zero attached hydrogens (tertiary/aromatic N) is 2. The molecule has 2 heterocycles. The number of nitrogens with one attached hydrogen (secondary N) is 1. The summed E-state index contributed by atoms with van der Waals surface area (Å²) < 4.78 is 16.5. The SMILES string of the molecule is COc1cc(C(=O)NCCCCN2CCCCC2C)ccc1OCc1c(C)noc1C. The van der Waals surface area contributed by atoms with Crippen LogP contribution in [0.1, 0.15) is 66.4 Å². The standard InChI is InChI=1S/C24H35N3O4/c1-17-9-5-7-13-27(17)14-8-6-12-25-24(28)20-10-11-22(23(15-20)29-4)30-16-21-18(2)26-31-19(21)3/h10-11,15,17H,5-9,12-14,16H2,1-4H3,(H,25,28). The monoisotopic (exact) mass is 429 g/mol. The molecule has 2 aromatic rings. The first-order valence-electron chi connectivity index (χ1n) is 11.2. The van der Waals surface area contributed by atoms with Crippen LogP contribution >= 0.6 is 0 Å². The Labute approximate surface area is 185 Å². The van der Waals surface area contributed by atoms with E-state index >= 15 is 0 Å². The first-order chi connectivity index (χ1) is 15.0. The van der Waals surface area contributed by atoms with Crippen molar-refractivity contribution < 1.29 is 18.8 Å². The van der Waals surface area contributed by atoms with Gasteiger partial charge in [-0.25, -0.2) is 0 Å². The third-order valence-electron chi connectivity index (χ3n) is 6.08. The summed E-state index contributed by atoms with van der Waals surface area (Å²) in [4.78, 5) is 15.1. The van der Waals surface area contributed by atoms with Gasteiger partial charge in [0.15, 0.2) is 11.5 Å². The van der Waals surface area contributed by atoms with Crippen molar-refractivity contribution in [2.75, 3.05) is 26.7 Å². The van der Waals surface area contributed by atoms with E-state index in [9.17, 15) is 4.79 Å². The molecule has 1 amide bonds. The lowest BCUT2D eigenvalue weighted by Gasteiger charge is -2.33. The minimum atomic E-state index is -0.0954. The molecule has 1 aromatic heterocycles. The van der Waals surface area contributed by atoms with Gasteiger partial charge in [-0.15, -0.1) is 0 Å². The second-order valence-corrected chi connectivity index (χ2v) is 8.30. The molecule has 31 heavy (non-hydrogen) atoms. The van der Waals surface area contributed by atoms with Crippen LogP contribution in [-0.2, 0) is 6.61 Å². The summed E-state index contributed by atoms with van der Waals surface area (Å²) in [6, 6.07) is 5.93. The fraction of sp³-hybridized carbons (Fsp3) is 0.583. The van der Waals surface area contributed by atoms with Crippen molar-refractivity contribution >= 4 is 5.91 Å². The number of piperidine rings is 1. The zero-order valence-corrected chi connectivity index (χ0v) is 19.2. The number of methoxy groups -OCH3 is 1. The Morgan fingerprint density at radius 1 is 1.26 bits per heavy atom. The smallest absolute Gasteiger partial charge is 0.251 e. The molecule has 1 N–H and O–H groups in total. The number of benzene rings is 1. The minimum Gasteiger partial charge on any atom is -0.493 e. The molecule has 0 aliphatic carbocycles. The van der Waals surface area contributed by atoms with Crippen LogP contribution in [0.2, 0.25) is 0 Å². The number of aryl methyl sites for hydroxylation is 2. The Hall–Kier alpha value is -2.54. The molecule has 1 aliphatic heterocycles. The highest BCUT2D eigenvalue weighted by molar-refractivity contribution is 5.94. The summed E-state index contributed by atoms with van der Waals surface area (Å²) in [5.41, 5.74) is 2.29. The van der Waals surface area contributed by atoms with Gasteiger partial charge in [0.2, 0.25) is 0 Å². The van der Waals surface area contributed by atoms with Gasteiger partial charge >= 0.3 is 0 Å². The summed E-state index contributed by atoms with van der Waals surface area (Å²) in [5.74, 6) is 1.75. The number of likely N-dealkylation sites (tertiary alicyclic amines) is 1. The van der Waals surface area contributed by atoms with E-state index in [0.29, 0.717) is 36.3 Å². The van der Waals surface area contributed by atoms with E-state index in [2.05, 4.69) is 22.3 Å². The molecule has 0 spiro atoms. The normalized spacial score (nSPS) is 16.8. The van der Waals surface area contributed by atoms with Gasteiger partial charge in [0.05, 0.1) is 18.4 Å². The number of ether oxygens (including phenoxy) is 2. The first-order valence-corrected chi connectivity index (χ1v) is 11.2. The van der Waals surface area contributed by atoms with Crippen molar-refractivity contribution in [1.82, 2.24) is 15.4 Å². The van der Waals surface area contributed by atoms with Gasteiger partial charge in [0.25, 0.3) is 5.91 Å². The van der Waals surface area contributed by atoms with Crippen LogP contribution in [0.25, 0.3) is 0 Å². The summed E-state index contributed by atoms with van der Waals surface area (Å²) >= 11 is 0. The number of aromatic nitrogens is 1. The van der Waals surface area contributed by atoms with Gasteiger partial charge in [-0.2, -0.15) is 0 Å². The van der Waals surface area contributed by atoms with Crippen LogP contribution in [-0.4, -0.2) is 48.7 Å².